The number of halogens is 3. The second-order valence-corrected chi connectivity index (χ2v) is 5.14. The first-order chi connectivity index (χ1) is 9.40. The van der Waals surface area contributed by atoms with Crippen LogP contribution in [0.1, 0.15) is 27.0 Å². The van der Waals surface area contributed by atoms with Gasteiger partial charge in [-0.3, -0.25) is 4.79 Å². The normalized spacial score (nSPS) is 10.7. The summed E-state index contributed by atoms with van der Waals surface area (Å²) in [4.78, 5) is 12.2. The standard InChI is InChI=1S/C16H13ClF2O/c1-9-7-13(17)10(2)6-12(9)15(20)8-11-4-3-5-14(18)16(11)19/h3-7H,8H2,1-2H3. The Morgan fingerprint density at radius 2 is 1.85 bits per heavy atom. The summed E-state index contributed by atoms with van der Waals surface area (Å²) in [7, 11) is 0. The van der Waals surface area contributed by atoms with E-state index >= 15 is 0 Å². The highest BCUT2D eigenvalue weighted by atomic mass is 35.5. The van der Waals surface area contributed by atoms with Crippen LogP contribution in [0.4, 0.5) is 8.78 Å². The second kappa shape index (κ2) is 5.71. The zero-order chi connectivity index (χ0) is 14.9. The molecule has 2 aromatic rings. The summed E-state index contributed by atoms with van der Waals surface area (Å²) in [6.45, 7) is 3.56. The van der Waals surface area contributed by atoms with E-state index in [1.165, 1.54) is 12.1 Å². The molecule has 0 N–H and O–H groups in total. The van der Waals surface area contributed by atoms with Gasteiger partial charge in [0.05, 0.1) is 0 Å². The number of hydrogen-bond donors (Lipinski definition) is 0. The fourth-order valence-corrected chi connectivity index (χ4v) is 2.25. The summed E-state index contributed by atoms with van der Waals surface area (Å²) in [6.07, 6.45) is -0.175. The van der Waals surface area contributed by atoms with E-state index in [0.29, 0.717) is 10.6 Å². The summed E-state index contributed by atoms with van der Waals surface area (Å²) < 4.78 is 26.7. The highest BCUT2D eigenvalue weighted by Gasteiger charge is 2.15. The van der Waals surface area contributed by atoms with Crippen molar-refractivity contribution < 1.29 is 13.6 Å². The van der Waals surface area contributed by atoms with Crippen LogP contribution in [0.3, 0.4) is 0 Å². The van der Waals surface area contributed by atoms with E-state index in [-0.39, 0.29) is 17.8 Å². The van der Waals surface area contributed by atoms with Gasteiger partial charge >= 0.3 is 0 Å². The predicted octanol–water partition coefficient (Wildman–Crippen LogP) is 4.66. The lowest BCUT2D eigenvalue weighted by atomic mass is 9.97. The molecule has 20 heavy (non-hydrogen) atoms. The lowest BCUT2D eigenvalue weighted by molar-refractivity contribution is 0.0991. The highest BCUT2D eigenvalue weighted by molar-refractivity contribution is 6.31. The maximum absolute atomic E-state index is 13.6. The van der Waals surface area contributed by atoms with Crippen LogP contribution < -0.4 is 0 Å². The lowest BCUT2D eigenvalue weighted by Gasteiger charge is -2.09. The largest absolute Gasteiger partial charge is 0.294 e. The molecule has 1 nitrogen and oxygen atoms in total. The first kappa shape index (κ1) is 14.7. The van der Waals surface area contributed by atoms with Gasteiger partial charge in [-0.15, -0.1) is 0 Å². The molecule has 2 aromatic carbocycles. The number of ketones is 1. The molecule has 4 heteroatoms. The van der Waals surface area contributed by atoms with E-state index in [1.54, 1.807) is 26.0 Å². The smallest absolute Gasteiger partial charge is 0.167 e. The number of Topliss-reactive ketones (excluding diaryl/α,β-unsaturated/α-hetero) is 1. The number of hydrogen-bond acceptors (Lipinski definition) is 1. The topological polar surface area (TPSA) is 17.1 Å². The Labute approximate surface area is 121 Å². The summed E-state index contributed by atoms with van der Waals surface area (Å²) in [5, 5.41) is 0.580. The van der Waals surface area contributed by atoms with Crippen LogP contribution in [0.15, 0.2) is 30.3 Å². The van der Waals surface area contributed by atoms with Crippen LogP contribution in [-0.2, 0) is 6.42 Å². The Hall–Kier alpha value is -1.74. The minimum Gasteiger partial charge on any atom is -0.294 e. The molecule has 0 bridgehead atoms. The van der Waals surface area contributed by atoms with Crippen LogP contribution >= 0.6 is 11.6 Å². The summed E-state index contributed by atoms with van der Waals surface area (Å²) in [6, 6.07) is 7.21. The van der Waals surface area contributed by atoms with Crippen molar-refractivity contribution in [3.63, 3.8) is 0 Å². The van der Waals surface area contributed by atoms with Crippen LogP contribution in [0, 0.1) is 25.5 Å². The van der Waals surface area contributed by atoms with Crippen molar-refractivity contribution in [2.45, 2.75) is 20.3 Å². The van der Waals surface area contributed by atoms with E-state index in [4.69, 9.17) is 11.6 Å². The Bertz CT molecular complexity index is 680. The molecule has 0 amide bonds. The summed E-state index contributed by atoms with van der Waals surface area (Å²) in [5.41, 5.74) is 2.04. The first-order valence-corrected chi connectivity index (χ1v) is 6.50. The van der Waals surface area contributed by atoms with Crippen LogP contribution in [0.2, 0.25) is 5.02 Å². The molecule has 0 aliphatic heterocycles. The van der Waals surface area contributed by atoms with Crippen molar-refractivity contribution >= 4 is 17.4 Å². The minimum absolute atomic E-state index is 0.0574. The van der Waals surface area contributed by atoms with Crippen molar-refractivity contribution in [1.29, 1.82) is 0 Å². The van der Waals surface area contributed by atoms with E-state index in [9.17, 15) is 13.6 Å². The molecule has 0 unspecified atom stereocenters. The highest BCUT2D eigenvalue weighted by Crippen LogP contribution is 2.22. The first-order valence-electron chi connectivity index (χ1n) is 6.13. The maximum Gasteiger partial charge on any atom is 0.167 e. The molecular weight excluding hydrogens is 282 g/mol. The van der Waals surface area contributed by atoms with Gasteiger partial charge in [0, 0.05) is 17.0 Å². The molecule has 0 spiro atoms. The number of benzene rings is 2. The van der Waals surface area contributed by atoms with E-state index in [1.807, 2.05) is 0 Å². The SMILES string of the molecule is Cc1cc(C(=O)Cc2cccc(F)c2F)c(C)cc1Cl. The van der Waals surface area contributed by atoms with Crippen LogP contribution in [-0.4, -0.2) is 5.78 Å². The maximum atomic E-state index is 13.6. The number of carbonyl (C=O) groups is 1. The van der Waals surface area contributed by atoms with E-state index < -0.39 is 11.6 Å². The molecule has 0 aromatic heterocycles. The molecule has 0 aliphatic carbocycles. The molecule has 0 radical (unpaired) electrons. The predicted molar refractivity (Wildman–Crippen MR) is 75.3 cm³/mol. The van der Waals surface area contributed by atoms with Crippen molar-refractivity contribution in [2.75, 3.05) is 0 Å². The number of carbonyl (C=O) groups excluding carboxylic acids is 1. The van der Waals surface area contributed by atoms with Crippen molar-refractivity contribution in [3.8, 4) is 0 Å². The molecule has 0 saturated heterocycles. The monoisotopic (exact) mass is 294 g/mol. The molecular formula is C16H13ClF2O. The number of rotatable bonds is 3. The van der Waals surface area contributed by atoms with Gasteiger partial charge in [0.15, 0.2) is 17.4 Å². The third-order valence-corrected chi connectivity index (χ3v) is 3.60. The van der Waals surface area contributed by atoms with E-state index in [2.05, 4.69) is 0 Å². The van der Waals surface area contributed by atoms with Gasteiger partial charge in [-0.25, -0.2) is 8.78 Å². The molecule has 0 saturated carbocycles. The third-order valence-electron chi connectivity index (χ3n) is 3.19. The fraction of sp³-hybridized carbons (Fsp3) is 0.188. The average Bonchev–Trinajstić information content (AvgIpc) is 2.39. The molecule has 104 valence electrons. The Kier molecular flexibility index (Phi) is 4.19. The van der Waals surface area contributed by atoms with Gasteiger partial charge in [-0.2, -0.15) is 0 Å². The average molecular weight is 295 g/mol. The third kappa shape index (κ3) is 2.88. The molecule has 2 rings (SSSR count). The number of aryl methyl sites for hydroxylation is 2. The van der Waals surface area contributed by atoms with Gasteiger partial charge in [0.25, 0.3) is 0 Å². The Morgan fingerprint density at radius 1 is 1.15 bits per heavy atom. The fourth-order valence-electron chi connectivity index (χ4n) is 2.03. The molecule has 0 heterocycles. The zero-order valence-electron chi connectivity index (χ0n) is 11.1. The molecule has 0 aliphatic rings. The van der Waals surface area contributed by atoms with Crippen LogP contribution in [0.5, 0.6) is 0 Å². The van der Waals surface area contributed by atoms with Crippen LogP contribution in [0.25, 0.3) is 0 Å². The van der Waals surface area contributed by atoms with Gasteiger partial charge in [-0.1, -0.05) is 23.7 Å². The van der Waals surface area contributed by atoms with Crippen molar-refractivity contribution in [3.05, 3.63) is 69.2 Å². The Morgan fingerprint density at radius 3 is 2.55 bits per heavy atom. The second-order valence-electron chi connectivity index (χ2n) is 4.73. The van der Waals surface area contributed by atoms with Crippen molar-refractivity contribution in [2.24, 2.45) is 0 Å². The molecule has 0 fully saturated rings. The van der Waals surface area contributed by atoms with Gasteiger partial charge in [0.1, 0.15) is 0 Å². The summed E-state index contributed by atoms with van der Waals surface area (Å²) >= 11 is 5.98. The van der Waals surface area contributed by atoms with Gasteiger partial charge in [0.2, 0.25) is 0 Å². The lowest BCUT2D eigenvalue weighted by Crippen LogP contribution is -2.08. The van der Waals surface area contributed by atoms with Gasteiger partial charge < -0.3 is 0 Å². The quantitative estimate of drug-likeness (QED) is 0.752. The Balaban J connectivity index is 2.33. The van der Waals surface area contributed by atoms with Crippen molar-refractivity contribution in [1.82, 2.24) is 0 Å². The summed E-state index contributed by atoms with van der Waals surface area (Å²) in [5.74, 6) is -2.17. The minimum atomic E-state index is -0.968. The van der Waals surface area contributed by atoms with Gasteiger partial charge in [-0.05, 0) is 48.7 Å². The zero-order valence-corrected chi connectivity index (χ0v) is 11.9. The van der Waals surface area contributed by atoms with E-state index in [0.717, 1.165) is 17.2 Å². The molecule has 0 atom stereocenters.